The van der Waals surface area contributed by atoms with Gasteiger partial charge in [0.25, 0.3) is 5.91 Å². The highest BCUT2D eigenvalue weighted by atomic mass is 16.2. The third-order valence-corrected chi connectivity index (χ3v) is 11.7. The van der Waals surface area contributed by atoms with Crippen molar-refractivity contribution < 1.29 is 28.8 Å². The van der Waals surface area contributed by atoms with Crippen molar-refractivity contribution in [1.82, 2.24) is 61.6 Å². The van der Waals surface area contributed by atoms with E-state index < -0.39 is 65.8 Å². The molecule has 3 aromatic heterocycles. The molecule has 7 amide bonds. The number of nitrogens with two attached hydrogens (primary N) is 3. The van der Waals surface area contributed by atoms with E-state index in [0.29, 0.717) is 36.3 Å². The Kier molecular flexibility index (Phi) is 16.6. The van der Waals surface area contributed by atoms with Gasteiger partial charge in [-0.2, -0.15) is 0 Å². The van der Waals surface area contributed by atoms with Crippen LogP contribution < -0.4 is 43.9 Å². The van der Waals surface area contributed by atoms with Gasteiger partial charge in [-0.15, -0.1) is 5.10 Å². The van der Waals surface area contributed by atoms with E-state index in [1.165, 1.54) is 13.3 Å². The van der Waals surface area contributed by atoms with Crippen LogP contribution in [0.2, 0.25) is 0 Å². The van der Waals surface area contributed by atoms with E-state index in [0.717, 1.165) is 32.2 Å². The van der Waals surface area contributed by atoms with Gasteiger partial charge >= 0.3 is 6.03 Å². The predicted octanol–water partition coefficient (Wildman–Crippen LogP) is 1.68. The Morgan fingerprint density at radius 2 is 1.43 bits per heavy atom. The van der Waals surface area contributed by atoms with Crippen molar-refractivity contribution in [3.63, 3.8) is 0 Å². The SMILES string of the molecule is C[C@H](NC(=O)[C@@H](Cc1c[nH]c2ccccc12)NC(=O)[C@@H](N)Cc1cnc[nH]1)C(=O)NN(Cc1cn(-c2cccc3ccccc23)nn1)C(=O)N[C@H](Cc1ccccc1)C(=O)N[C@@H](CCCCN)C(N)=O. The van der Waals surface area contributed by atoms with Gasteiger partial charge in [0, 0.05) is 53.6 Å². The van der Waals surface area contributed by atoms with E-state index in [4.69, 9.17) is 17.2 Å². The average molecular weight is 952 g/mol. The number of primary amides is 1. The number of para-hydroxylation sites is 1. The molecule has 0 unspecified atom stereocenters. The maximum atomic E-state index is 14.5. The van der Waals surface area contributed by atoms with Crippen LogP contribution >= 0.6 is 0 Å². The molecule has 5 atom stereocenters. The number of urea groups is 1. The van der Waals surface area contributed by atoms with Crippen LogP contribution in [0.15, 0.2) is 122 Å². The molecule has 21 nitrogen and oxygen atoms in total. The molecule has 3 heterocycles. The molecule has 21 heteroatoms. The van der Waals surface area contributed by atoms with Crippen LogP contribution in [0.5, 0.6) is 0 Å². The molecule has 0 fully saturated rings. The minimum atomic E-state index is -1.30. The Morgan fingerprint density at radius 1 is 0.729 bits per heavy atom. The third kappa shape index (κ3) is 13.0. The number of benzene rings is 4. The number of hydrogen-bond donors (Lipinski definition) is 10. The van der Waals surface area contributed by atoms with Crippen LogP contribution in [0, 0.1) is 0 Å². The number of nitrogens with one attached hydrogen (secondary N) is 7. The summed E-state index contributed by atoms with van der Waals surface area (Å²) in [5, 5.41) is 23.1. The number of hydrogen-bond acceptors (Lipinski definition) is 11. The Balaban J connectivity index is 1.13. The van der Waals surface area contributed by atoms with E-state index in [-0.39, 0.29) is 37.9 Å². The summed E-state index contributed by atoms with van der Waals surface area (Å²) in [5.41, 5.74) is 24.0. The zero-order valence-corrected chi connectivity index (χ0v) is 38.5. The van der Waals surface area contributed by atoms with Crippen molar-refractivity contribution in [3.8, 4) is 5.69 Å². The molecular formula is C49H57N15O6. The van der Waals surface area contributed by atoms with E-state index in [1.807, 2.05) is 66.7 Å². The minimum absolute atomic E-state index is 0.00666. The second kappa shape index (κ2) is 23.5. The number of aromatic amines is 2. The summed E-state index contributed by atoms with van der Waals surface area (Å²) in [6.07, 6.45) is 7.84. The Labute approximate surface area is 402 Å². The number of unbranched alkanes of at least 4 members (excludes halogenated alkanes) is 1. The minimum Gasteiger partial charge on any atom is -0.368 e. The molecular weight excluding hydrogens is 895 g/mol. The first-order valence-electron chi connectivity index (χ1n) is 22.9. The monoisotopic (exact) mass is 951 g/mol. The molecule has 0 bridgehead atoms. The van der Waals surface area contributed by atoms with Crippen LogP contribution in [-0.2, 0) is 49.8 Å². The van der Waals surface area contributed by atoms with Crippen LogP contribution in [-0.4, -0.2) is 107 Å². The quantitative estimate of drug-likeness (QED) is 0.0344. The zero-order chi connectivity index (χ0) is 49.6. The molecule has 7 aromatic rings. The number of rotatable bonds is 22. The highest BCUT2D eigenvalue weighted by molar-refractivity contribution is 5.95. The summed E-state index contributed by atoms with van der Waals surface area (Å²) in [6.45, 7) is 1.43. The Hall–Kier alpha value is -8.43. The fraction of sp³-hybridized carbons (Fsp3) is 0.286. The second-order valence-electron chi connectivity index (χ2n) is 16.9. The summed E-state index contributed by atoms with van der Waals surface area (Å²) in [7, 11) is 0. The van der Waals surface area contributed by atoms with Crippen LogP contribution in [0.25, 0.3) is 27.4 Å². The van der Waals surface area contributed by atoms with Crippen molar-refractivity contribution in [3.05, 3.63) is 144 Å². The van der Waals surface area contributed by atoms with Gasteiger partial charge in [0.2, 0.25) is 23.6 Å². The number of aromatic nitrogens is 6. The summed E-state index contributed by atoms with van der Waals surface area (Å²) < 4.78 is 1.54. The summed E-state index contributed by atoms with van der Waals surface area (Å²) >= 11 is 0. The molecule has 0 saturated carbocycles. The lowest BCUT2D eigenvalue weighted by atomic mass is 10.0. The fourth-order valence-corrected chi connectivity index (χ4v) is 7.90. The van der Waals surface area contributed by atoms with Gasteiger partial charge in [0.1, 0.15) is 29.9 Å². The van der Waals surface area contributed by atoms with Crippen molar-refractivity contribution in [2.24, 2.45) is 17.2 Å². The summed E-state index contributed by atoms with van der Waals surface area (Å²) in [5.74, 6) is -3.61. The molecule has 0 spiro atoms. The first-order valence-corrected chi connectivity index (χ1v) is 22.9. The normalized spacial score (nSPS) is 13.4. The number of hydrazine groups is 1. The van der Waals surface area contributed by atoms with Crippen molar-refractivity contribution in [1.29, 1.82) is 0 Å². The Morgan fingerprint density at radius 3 is 2.19 bits per heavy atom. The van der Waals surface area contributed by atoms with E-state index in [2.05, 4.69) is 52.0 Å². The fourth-order valence-electron chi connectivity index (χ4n) is 7.90. The molecule has 7 rings (SSSR count). The molecule has 0 radical (unpaired) electrons. The topological polar surface area (TPSA) is 319 Å². The van der Waals surface area contributed by atoms with E-state index in [9.17, 15) is 28.8 Å². The highest BCUT2D eigenvalue weighted by Crippen LogP contribution is 2.22. The number of nitrogens with zero attached hydrogens (tertiary/aromatic N) is 5. The van der Waals surface area contributed by atoms with E-state index in [1.54, 1.807) is 53.6 Å². The number of carbonyl (C=O) groups excluding carboxylic acids is 6. The molecule has 0 saturated heterocycles. The van der Waals surface area contributed by atoms with Crippen molar-refractivity contribution >= 4 is 57.2 Å². The lowest BCUT2D eigenvalue weighted by Gasteiger charge is -2.28. The van der Waals surface area contributed by atoms with Crippen LogP contribution in [0.1, 0.15) is 48.7 Å². The largest absolute Gasteiger partial charge is 0.368 e. The number of H-pyrrole nitrogens is 2. The van der Waals surface area contributed by atoms with Gasteiger partial charge in [-0.3, -0.25) is 29.4 Å². The summed E-state index contributed by atoms with van der Waals surface area (Å²) in [6, 6.07) is 23.0. The lowest BCUT2D eigenvalue weighted by Crippen LogP contribution is -2.60. The van der Waals surface area contributed by atoms with Gasteiger partial charge in [-0.1, -0.05) is 90.1 Å². The average Bonchev–Trinajstić information content (AvgIpc) is 4.15. The third-order valence-electron chi connectivity index (χ3n) is 11.7. The van der Waals surface area contributed by atoms with Crippen molar-refractivity contribution in [2.45, 2.75) is 82.2 Å². The number of fused-ring (bicyclic) bond motifs is 2. The van der Waals surface area contributed by atoms with Gasteiger partial charge < -0.3 is 48.4 Å². The zero-order valence-electron chi connectivity index (χ0n) is 38.5. The molecule has 13 N–H and O–H groups in total. The van der Waals surface area contributed by atoms with E-state index >= 15 is 0 Å². The maximum absolute atomic E-state index is 14.5. The molecule has 4 aromatic carbocycles. The first kappa shape index (κ1) is 49.5. The highest BCUT2D eigenvalue weighted by Gasteiger charge is 2.32. The number of carbonyl (C=O) groups is 6. The number of amides is 7. The van der Waals surface area contributed by atoms with Crippen molar-refractivity contribution in [2.75, 3.05) is 6.54 Å². The van der Waals surface area contributed by atoms with Crippen LogP contribution in [0.4, 0.5) is 4.79 Å². The predicted molar refractivity (Wildman–Crippen MR) is 261 cm³/mol. The number of imidazole rings is 1. The summed E-state index contributed by atoms with van der Waals surface area (Å²) in [4.78, 5) is 92.9. The molecule has 70 heavy (non-hydrogen) atoms. The second-order valence-corrected chi connectivity index (χ2v) is 16.9. The van der Waals surface area contributed by atoms with Gasteiger partial charge in [0.15, 0.2) is 0 Å². The molecule has 0 aliphatic rings. The smallest absolute Gasteiger partial charge is 0.337 e. The molecule has 0 aliphatic carbocycles. The van der Waals surface area contributed by atoms with Gasteiger partial charge in [0.05, 0.1) is 30.8 Å². The lowest BCUT2D eigenvalue weighted by molar-refractivity contribution is -0.133. The Bertz CT molecular complexity index is 2900. The van der Waals surface area contributed by atoms with Gasteiger partial charge in [-0.25, -0.2) is 19.5 Å². The molecule has 0 aliphatic heterocycles. The standard InChI is InChI=1S/C49H57N15O6/c1-30(56-47(68)42(23-33-25-54-39-18-8-7-16-36(33)39)58-46(67)38(51)24-34-26-53-29-55-34)45(66)61-64(28-35-27-63(62-60-35)43-20-11-15-32-14-5-6-17-37(32)43)49(70)59-41(22-31-12-3-2-4-13-31)48(69)57-40(44(52)65)19-9-10-21-50/h2-8,11-18,20,25-27,29-30,38,40-42,54H,9-10,19,21-24,28,50-51H2,1H3,(H2,52,65)(H,53,55)(H,56,68)(H,57,69)(H,58,67)(H,59,70)(H,61,66)/t30-,38-,40-,41+,42+/m0/s1. The maximum Gasteiger partial charge on any atom is 0.337 e. The van der Waals surface area contributed by atoms with Crippen LogP contribution in [0.3, 0.4) is 0 Å². The van der Waals surface area contributed by atoms with Gasteiger partial charge in [-0.05, 0) is 61.4 Å². The first-order chi connectivity index (χ1) is 33.9. The molecule has 364 valence electrons.